The molecule has 1 saturated carbocycles. The average molecular weight is 238 g/mol. The molecular formula is C13H26N4. The van der Waals surface area contributed by atoms with Gasteiger partial charge in [0.25, 0.3) is 0 Å². The van der Waals surface area contributed by atoms with Crippen molar-refractivity contribution in [1.82, 2.24) is 9.80 Å². The van der Waals surface area contributed by atoms with Gasteiger partial charge in [0.15, 0.2) is 5.96 Å². The molecule has 4 nitrogen and oxygen atoms in total. The molecule has 0 atom stereocenters. The minimum Gasteiger partial charge on any atom is -0.370 e. The number of rotatable bonds is 3. The molecular weight excluding hydrogens is 212 g/mol. The fourth-order valence-corrected chi connectivity index (χ4v) is 2.82. The lowest BCUT2D eigenvalue weighted by Gasteiger charge is -2.35. The Morgan fingerprint density at radius 2 is 1.82 bits per heavy atom. The molecule has 1 heterocycles. The molecule has 17 heavy (non-hydrogen) atoms. The van der Waals surface area contributed by atoms with Crippen LogP contribution in [0.1, 0.15) is 39.0 Å². The van der Waals surface area contributed by atoms with E-state index in [0.29, 0.717) is 6.04 Å². The molecule has 98 valence electrons. The summed E-state index contributed by atoms with van der Waals surface area (Å²) < 4.78 is 0. The highest BCUT2D eigenvalue weighted by Crippen LogP contribution is 2.21. The normalized spacial score (nSPS) is 24.5. The number of piperazine rings is 1. The van der Waals surface area contributed by atoms with Crippen molar-refractivity contribution in [2.45, 2.75) is 45.1 Å². The Morgan fingerprint density at radius 3 is 2.41 bits per heavy atom. The van der Waals surface area contributed by atoms with Gasteiger partial charge in [0, 0.05) is 26.2 Å². The second kappa shape index (κ2) is 6.24. The molecule has 1 aliphatic heterocycles. The lowest BCUT2D eigenvalue weighted by molar-refractivity contribution is 0.181. The Labute approximate surface area is 105 Å². The summed E-state index contributed by atoms with van der Waals surface area (Å²) >= 11 is 0. The van der Waals surface area contributed by atoms with Gasteiger partial charge >= 0.3 is 0 Å². The predicted molar refractivity (Wildman–Crippen MR) is 72.2 cm³/mol. The van der Waals surface area contributed by atoms with E-state index in [1.807, 2.05) is 0 Å². The monoisotopic (exact) mass is 238 g/mol. The number of hydrogen-bond donors (Lipinski definition) is 1. The second-order valence-electron chi connectivity index (χ2n) is 5.25. The van der Waals surface area contributed by atoms with E-state index in [4.69, 9.17) is 5.73 Å². The molecule has 2 aliphatic rings. The van der Waals surface area contributed by atoms with Crippen LogP contribution in [-0.2, 0) is 0 Å². The lowest BCUT2D eigenvalue weighted by atomic mass is 10.2. The molecule has 0 aromatic carbocycles. The van der Waals surface area contributed by atoms with E-state index in [-0.39, 0.29) is 0 Å². The highest BCUT2D eigenvalue weighted by Gasteiger charge is 2.19. The fraction of sp³-hybridized carbons (Fsp3) is 0.923. The van der Waals surface area contributed by atoms with Crippen molar-refractivity contribution in [2.75, 3.05) is 32.7 Å². The summed E-state index contributed by atoms with van der Waals surface area (Å²) in [4.78, 5) is 9.44. The molecule has 2 rings (SSSR count). The minimum absolute atomic E-state index is 0.503. The molecule has 2 N–H and O–H groups in total. The Bertz CT molecular complexity index is 250. The van der Waals surface area contributed by atoms with Crippen molar-refractivity contribution in [3.8, 4) is 0 Å². The van der Waals surface area contributed by atoms with Gasteiger partial charge in [0.1, 0.15) is 0 Å². The topological polar surface area (TPSA) is 44.9 Å². The maximum atomic E-state index is 6.11. The summed E-state index contributed by atoms with van der Waals surface area (Å²) in [6.45, 7) is 7.81. The zero-order valence-corrected chi connectivity index (χ0v) is 11.1. The van der Waals surface area contributed by atoms with Crippen LogP contribution in [0.4, 0.5) is 0 Å². The van der Waals surface area contributed by atoms with E-state index < -0.39 is 0 Å². The van der Waals surface area contributed by atoms with Gasteiger partial charge in [-0.3, -0.25) is 4.90 Å². The third kappa shape index (κ3) is 3.60. The van der Waals surface area contributed by atoms with Gasteiger partial charge in [-0.2, -0.15) is 0 Å². The van der Waals surface area contributed by atoms with Crippen LogP contribution >= 0.6 is 0 Å². The Hall–Kier alpha value is -0.770. The van der Waals surface area contributed by atoms with E-state index in [2.05, 4.69) is 21.7 Å². The second-order valence-corrected chi connectivity index (χ2v) is 5.25. The van der Waals surface area contributed by atoms with E-state index in [9.17, 15) is 0 Å². The molecule has 1 aliphatic carbocycles. The standard InChI is InChI=1S/C13H26N4/c1-2-7-16-8-10-17(11-9-16)13(14)15-12-5-3-4-6-12/h12H,2-11H2,1H3,(H2,14,15). The van der Waals surface area contributed by atoms with Gasteiger partial charge < -0.3 is 10.6 Å². The summed E-state index contributed by atoms with van der Waals surface area (Å²) in [6, 6.07) is 0.503. The van der Waals surface area contributed by atoms with Crippen LogP contribution in [-0.4, -0.2) is 54.5 Å². The maximum absolute atomic E-state index is 6.11. The van der Waals surface area contributed by atoms with E-state index in [0.717, 1.165) is 32.1 Å². The van der Waals surface area contributed by atoms with Gasteiger partial charge in [-0.15, -0.1) is 0 Å². The number of aliphatic imine (C=N–C) groups is 1. The average Bonchev–Trinajstić information content (AvgIpc) is 2.83. The van der Waals surface area contributed by atoms with Crippen molar-refractivity contribution in [3.63, 3.8) is 0 Å². The quantitative estimate of drug-likeness (QED) is 0.595. The molecule has 0 amide bonds. The van der Waals surface area contributed by atoms with Crippen molar-refractivity contribution in [2.24, 2.45) is 10.7 Å². The van der Waals surface area contributed by atoms with Crippen LogP contribution in [0.15, 0.2) is 4.99 Å². The van der Waals surface area contributed by atoms with Gasteiger partial charge in [0.05, 0.1) is 6.04 Å². The first-order valence-corrected chi connectivity index (χ1v) is 7.10. The number of hydrogen-bond acceptors (Lipinski definition) is 2. The molecule has 0 aromatic heterocycles. The van der Waals surface area contributed by atoms with Gasteiger partial charge in [-0.05, 0) is 25.8 Å². The largest absolute Gasteiger partial charge is 0.370 e. The molecule has 0 aromatic rings. The van der Waals surface area contributed by atoms with Gasteiger partial charge in [-0.1, -0.05) is 19.8 Å². The molecule has 1 saturated heterocycles. The Morgan fingerprint density at radius 1 is 1.18 bits per heavy atom. The first-order chi connectivity index (χ1) is 8.29. The van der Waals surface area contributed by atoms with E-state index in [1.165, 1.54) is 38.6 Å². The van der Waals surface area contributed by atoms with Gasteiger partial charge in [-0.25, -0.2) is 4.99 Å². The SMILES string of the molecule is CCCN1CCN(C(N)=NC2CCCC2)CC1. The van der Waals surface area contributed by atoms with Crippen LogP contribution in [0.5, 0.6) is 0 Å². The molecule has 2 fully saturated rings. The van der Waals surface area contributed by atoms with Crippen molar-refractivity contribution in [1.29, 1.82) is 0 Å². The highest BCUT2D eigenvalue weighted by atomic mass is 15.3. The van der Waals surface area contributed by atoms with Crippen LogP contribution in [0.3, 0.4) is 0 Å². The zero-order valence-electron chi connectivity index (χ0n) is 11.1. The molecule has 4 heteroatoms. The number of nitrogens with two attached hydrogens (primary N) is 1. The summed E-state index contributed by atoms with van der Waals surface area (Å²) in [6.07, 6.45) is 6.36. The summed E-state index contributed by atoms with van der Waals surface area (Å²) in [5.74, 6) is 0.785. The van der Waals surface area contributed by atoms with Crippen molar-refractivity contribution >= 4 is 5.96 Å². The maximum Gasteiger partial charge on any atom is 0.191 e. The highest BCUT2D eigenvalue weighted by molar-refractivity contribution is 5.78. The van der Waals surface area contributed by atoms with Crippen molar-refractivity contribution in [3.05, 3.63) is 0 Å². The Kier molecular flexibility index (Phi) is 4.66. The summed E-state index contributed by atoms with van der Waals surface area (Å²) in [7, 11) is 0. The predicted octanol–water partition coefficient (Wildman–Crippen LogP) is 1.27. The summed E-state index contributed by atoms with van der Waals surface area (Å²) in [5, 5.41) is 0. The molecule has 0 bridgehead atoms. The zero-order chi connectivity index (χ0) is 12.1. The van der Waals surface area contributed by atoms with Gasteiger partial charge in [0.2, 0.25) is 0 Å². The number of guanidine groups is 1. The molecule has 0 radical (unpaired) electrons. The third-order valence-corrected chi connectivity index (χ3v) is 3.88. The first kappa shape index (κ1) is 12.7. The van der Waals surface area contributed by atoms with Crippen LogP contribution in [0, 0.1) is 0 Å². The van der Waals surface area contributed by atoms with Crippen LogP contribution in [0.25, 0.3) is 0 Å². The molecule has 0 unspecified atom stereocenters. The fourth-order valence-electron chi connectivity index (χ4n) is 2.82. The minimum atomic E-state index is 0.503. The first-order valence-electron chi connectivity index (χ1n) is 7.10. The van der Waals surface area contributed by atoms with Crippen LogP contribution < -0.4 is 5.73 Å². The lowest BCUT2D eigenvalue weighted by Crippen LogP contribution is -2.51. The van der Waals surface area contributed by atoms with E-state index >= 15 is 0 Å². The Balaban J connectivity index is 1.79. The number of nitrogens with zero attached hydrogens (tertiary/aromatic N) is 3. The smallest absolute Gasteiger partial charge is 0.191 e. The third-order valence-electron chi connectivity index (χ3n) is 3.88. The van der Waals surface area contributed by atoms with Crippen LogP contribution in [0.2, 0.25) is 0 Å². The van der Waals surface area contributed by atoms with E-state index in [1.54, 1.807) is 0 Å². The summed E-state index contributed by atoms with van der Waals surface area (Å²) in [5.41, 5.74) is 6.11. The van der Waals surface area contributed by atoms with Crippen molar-refractivity contribution < 1.29 is 0 Å². The molecule has 0 spiro atoms.